The number of rotatable bonds is 9. The third-order valence-corrected chi connectivity index (χ3v) is 3.45. The van der Waals surface area contributed by atoms with Crippen molar-refractivity contribution in [3.63, 3.8) is 0 Å². The van der Waals surface area contributed by atoms with Crippen molar-refractivity contribution in [3.8, 4) is 0 Å². The number of hydrogen-bond donors (Lipinski definition) is 1. The lowest BCUT2D eigenvalue weighted by Crippen LogP contribution is -2.19. The molecular weight excluding hydrogens is 234 g/mol. The molecule has 0 unspecified atom stereocenters. The Bertz CT molecular complexity index is 409. The lowest BCUT2D eigenvalue weighted by molar-refractivity contribution is 0.123. The minimum absolute atomic E-state index is 0.715. The van der Waals surface area contributed by atoms with Crippen molar-refractivity contribution in [2.45, 2.75) is 45.3 Å². The first-order valence-corrected chi connectivity index (χ1v) is 7.28. The zero-order valence-corrected chi connectivity index (χ0v) is 12.0. The summed E-state index contributed by atoms with van der Waals surface area (Å²) in [5, 5.41) is 3.56. The van der Waals surface area contributed by atoms with Crippen LogP contribution in [0.15, 0.2) is 36.4 Å². The summed E-state index contributed by atoms with van der Waals surface area (Å²) < 4.78 is 5.73. The maximum Gasteiger partial charge on any atom is 0.0719 e. The second-order valence-corrected chi connectivity index (χ2v) is 5.51. The second kappa shape index (κ2) is 7.46. The Hall–Kier alpha value is -1.12. The molecule has 1 aromatic rings. The normalized spacial score (nSPS) is 14.6. The summed E-state index contributed by atoms with van der Waals surface area (Å²) in [6.07, 6.45) is 4.75. The van der Waals surface area contributed by atoms with E-state index < -0.39 is 0 Å². The largest absolute Gasteiger partial charge is 0.376 e. The van der Waals surface area contributed by atoms with Crippen LogP contribution in [0.2, 0.25) is 0 Å². The highest BCUT2D eigenvalue weighted by Crippen LogP contribution is 2.18. The first kappa shape index (κ1) is 14.3. The standard InChI is InChI=1S/C17H25NO/c1-14(2)10-12-19-13-16-6-4-3-5-15(16)9-11-18-17-7-8-17/h3-6,17-18H,1,7-13H2,2H3. The van der Waals surface area contributed by atoms with Gasteiger partial charge >= 0.3 is 0 Å². The molecule has 0 atom stereocenters. The Morgan fingerprint density at radius 2 is 2.05 bits per heavy atom. The number of hydrogen-bond acceptors (Lipinski definition) is 2. The fraction of sp³-hybridized carbons (Fsp3) is 0.529. The average molecular weight is 259 g/mol. The van der Waals surface area contributed by atoms with Gasteiger partial charge in [-0.25, -0.2) is 0 Å². The third-order valence-electron chi connectivity index (χ3n) is 3.45. The van der Waals surface area contributed by atoms with E-state index in [1.165, 1.54) is 29.5 Å². The van der Waals surface area contributed by atoms with E-state index in [-0.39, 0.29) is 0 Å². The van der Waals surface area contributed by atoms with Gasteiger partial charge in [-0.3, -0.25) is 0 Å². The van der Waals surface area contributed by atoms with Crippen LogP contribution >= 0.6 is 0 Å². The topological polar surface area (TPSA) is 21.3 Å². The van der Waals surface area contributed by atoms with Crippen molar-refractivity contribution < 1.29 is 4.74 Å². The molecule has 104 valence electrons. The van der Waals surface area contributed by atoms with Gasteiger partial charge in [0.1, 0.15) is 0 Å². The van der Waals surface area contributed by atoms with Gasteiger partial charge in [-0.05, 0) is 50.3 Å². The Labute approximate surface area is 116 Å². The van der Waals surface area contributed by atoms with E-state index in [2.05, 4.69) is 36.2 Å². The van der Waals surface area contributed by atoms with Crippen LogP contribution in [0.4, 0.5) is 0 Å². The zero-order valence-electron chi connectivity index (χ0n) is 12.0. The molecule has 0 radical (unpaired) electrons. The molecule has 2 heteroatoms. The van der Waals surface area contributed by atoms with Crippen molar-refractivity contribution in [1.82, 2.24) is 5.32 Å². The molecule has 0 aliphatic heterocycles. The molecule has 0 heterocycles. The SMILES string of the molecule is C=C(C)CCOCc1ccccc1CCNC1CC1. The van der Waals surface area contributed by atoms with E-state index in [0.29, 0.717) is 6.61 Å². The molecule has 1 aromatic carbocycles. The van der Waals surface area contributed by atoms with Crippen molar-refractivity contribution in [3.05, 3.63) is 47.5 Å². The summed E-state index contributed by atoms with van der Waals surface area (Å²) >= 11 is 0. The number of ether oxygens (including phenoxy) is 1. The fourth-order valence-electron chi connectivity index (χ4n) is 2.07. The maximum atomic E-state index is 5.73. The summed E-state index contributed by atoms with van der Waals surface area (Å²) in [5.74, 6) is 0. The molecule has 0 amide bonds. The van der Waals surface area contributed by atoms with Crippen LogP contribution in [-0.4, -0.2) is 19.2 Å². The highest BCUT2D eigenvalue weighted by molar-refractivity contribution is 5.26. The van der Waals surface area contributed by atoms with Gasteiger partial charge in [-0.2, -0.15) is 0 Å². The second-order valence-electron chi connectivity index (χ2n) is 5.51. The predicted molar refractivity (Wildman–Crippen MR) is 80.3 cm³/mol. The average Bonchev–Trinajstić information content (AvgIpc) is 3.20. The molecule has 19 heavy (non-hydrogen) atoms. The zero-order chi connectivity index (χ0) is 13.5. The smallest absolute Gasteiger partial charge is 0.0719 e. The van der Waals surface area contributed by atoms with Gasteiger partial charge in [-0.1, -0.05) is 29.8 Å². The van der Waals surface area contributed by atoms with E-state index in [0.717, 1.165) is 32.0 Å². The fourth-order valence-corrected chi connectivity index (χ4v) is 2.07. The molecule has 1 fully saturated rings. The summed E-state index contributed by atoms with van der Waals surface area (Å²) in [6.45, 7) is 8.49. The van der Waals surface area contributed by atoms with Crippen LogP contribution in [0.25, 0.3) is 0 Å². The highest BCUT2D eigenvalue weighted by atomic mass is 16.5. The molecule has 0 spiro atoms. The van der Waals surface area contributed by atoms with E-state index in [9.17, 15) is 0 Å². The van der Waals surface area contributed by atoms with Crippen molar-refractivity contribution in [2.24, 2.45) is 0 Å². The molecule has 0 saturated heterocycles. The monoisotopic (exact) mass is 259 g/mol. The van der Waals surface area contributed by atoms with Gasteiger partial charge in [0.25, 0.3) is 0 Å². The third kappa shape index (κ3) is 5.58. The minimum atomic E-state index is 0.715. The molecule has 2 nitrogen and oxygen atoms in total. The summed E-state index contributed by atoms with van der Waals surface area (Å²) in [7, 11) is 0. The first-order valence-electron chi connectivity index (χ1n) is 7.28. The Kier molecular flexibility index (Phi) is 5.62. The summed E-state index contributed by atoms with van der Waals surface area (Å²) in [5.41, 5.74) is 3.91. The van der Waals surface area contributed by atoms with Gasteiger partial charge in [-0.15, -0.1) is 6.58 Å². The predicted octanol–water partition coefficient (Wildman–Crippen LogP) is 3.46. The van der Waals surface area contributed by atoms with Crippen LogP contribution in [-0.2, 0) is 17.8 Å². The Morgan fingerprint density at radius 3 is 2.74 bits per heavy atom. The first-order chi connectivity index (χ1) is 9.25. The van der Waals surface area contributed by atoms with Gasteiger partial charge in [0, 0.05) is 6.04 Å². The van der Waals surface area contributed by atoms with Crippen molar-refractivity contribution in [1.29, 1.82) is 0 Å². The van der Waals surface area contributed by atoms with Crippen LogP contribution in [0.1, 0.15) is 37.3 Å². The van der Waals surface area contributed by atoms with Crippen molar-refractivity contribution in [2.75, 3.05) is 13.2 Å². The molecule has 1 saturated carbocycles. The lowest BCUT2D eigenvalue weighted by Gasteiger charge is -2.10. The molecule has 0 bridgehead atoms. The molecule has 1 N–H and O–H groups in total. The molecule has 1 aliphatic carbocycles. The van der Waals surface area contributed by atoms with Crippen LogP contribution in [0, 0.1) is 0 Å². The molecular formula is C17H25NO. The Balaban J connectivity index is 1.75. The van der Waals surface area contributed by atoms with E-state index in [1.807, 2.05) is 6.92 Å². The summed E-state index contributed by atoms with van der Waals surface area (Å²) in [6, 6.07) is 9.39. The summed E-state index contributed by atoms with van der Waals surface area (Å²) in [4.78, 5) is 0. The van der Waals surface area contributed by atoms with Crippen LogP contribution in [0.5, 0.6) is 0 Å². The molecule has 2 rings (SSSR count). The highest BCUT2D eigenvalue weighted by Gasteiger charge is 2.19. The Morgan fingerprint density at radius 1 is 1.32 bits per heavy atom. The minimum Gasteiger partial charge on any atom is -0.376 e. The number of nitrogens with one attached hydrogen (secondary N) is 1. The van der Waals surface area contributed by atoms with Gasteiger partial charge in [0.2, 0.25) is 0 Å². The van der Waals surface area contributed by atoms with Crippen LogP contribution in [0.3, 0.4) is 0 Å². The van der Waals surface area contributed by atoms with Crippen LogP contribution < -0.4 is 5.32 Å². The molecule has 1 aliphatic rings. The van der Waals surface area contributed by atoms with Gasteiger partial charge in [0.15, 0.2) is 0 Å². The van der Waals surface area contributed by atoms with E-state index in [4.69, 9.17) is 4.74 Å². The van der Waals surface area contributed by atoms with Gasteiger partial charge < -0.3 is 10.1 Å². The number of benzene rings is 1. The molecule has 0 aromatic heterocycles. The maximum absolute atomic E-state index is 5.73. The van der Waals surface area contributed by atoms with E-state index >= 15 is 0 Å². The quantitative estimate of drug-likeness (QED) is 0.541. The van der Waals surface area contributed by atoms with Gasteiger partial charge in [0.05, 0.1) is 13.2 Å². The van der Waals surface area contributed by atoms with E-state index in [1.54, 1.807) is 0 Å². The van der Waals surface area contributed by atoms with Crippen molar-refractivity contribution >= 4 is 0 Å². The lowest BCUT2D eigenvalue weighted by atomic mass is 10.1.